The third kappa shape index (κ3) is 6.17. The predicted molar refractivity (Wildman–Crippen MR) is 185 cm³/mol. The molecule has 10 nitrogen and oxygen atoms in total. The molecule has 256 valence electrons. The number of carbonyl (C=O) groups is 3. The van der Waals surface area contributed by atoms with Gasteiger partial charge in [0.25, 0.3) is 0 Å². The highest BCUT2D eigenvalue weighted by Crippen LogP contribution is 2.60. The van der Waals surface area contributed by atoms with Gasteiger partial charge in [0.1, 0.15) is 11.9 Å². The molecule has 1 saturated heterocycles. The van der Waals surface area contributed by atoms with Crippen molar-refractivity contribution in [3.8, 4) is 0 Å². The lowest BCUT2D eigenvalue weighted by atomic mass is 9.76. The number of aromatic nitrogens is 2. The Bertz CT molecular complexity index is 1690. The Kier molecular flexibility index (Phi) is 8.91. The van der Waals surface area contributed by atoms with Gasteiger partial charge < -0.3 is 30.6 Å². The van der Waals surface area contributed by atoms with Crippen LogP contribution in [0.15, 0.2) is 42.5 Å². The maximum absolute atomic E-state index is 14.2. The summed E-state index contributed by atoms with van der Waals surface area (Å²) in [4.78, 5) is 51.2. The minimum Gasteiger partial charge on any atom is -0.380 e. The summed E-state index contributed by atoms with van der Waals surface area (Å²) in [6.45, 7) is 5.35. The molecule has 3 saturated carbocycles. The standard InChI is InChI=1S/C37H47ClN6O4/c1-4-39-33(45)30(22-8-7-9-22)42-34(46)37(18-19-48-21-37)23-12-15-27-28(20-23)41-32(40-27)31(43-35(47)44(3)24-13-14-24)29(36(2)16-17-36)25-10-5-6-11-26(25)38/h5-6,10-12,15,20,22,24,29-31H,4,7-9,13-14,16-19,21H2,1-3H3,(H,39,45)(H,40,41)(H,42,46)(H,43,47)/t29-,30+,31-,37?/m0/s1. The zero-order chi connectivity index (χ0) is 33.6. The van der Waals surface area contributed by atoms with Crippen LogP contribution in [0.1, 0.15) is 94.1 Å². The maximum Gasteiger partial charge on any atom is 0.317 e. The number of fused-ring (bicyclic) bond motifs is 1. The van der Waals surface area contributed by atoms with E-state index >= 15 is 0 Å². The third-order valence-electron chi connectivity index (χ3n) is 11.4. The summed E-state index contributed by atoms with van der Waals surface area (Å²) in [5, 5.41) is 10.1. The van der Waals surface area contributed by atoms with E-state index in [0.29, 0.717) is 30.4 Å². The molecular formula is C37H47ClN6O4. The number of aromatic amines is 1. The van der Waals surface area contributed by atoms with Crippen LogP contribution in [0.5, 0.6) is 0 Å². The third-order valence-corrected chi connectivity index (χ3v) is 11.7. The molecular weight excluding hydrogens is 628 g/mol. The highest BCUT2D eigenvalue weighted by Gasteiger charge is 2.51. The molecule has 4 N–H and O–H groups in total. The molecule has 4 atom stereocenters. The van der Waals surface area contributed by atoms with Gasteiger partial charge >= 0.3 is 6.03 Å². The zero-order valence-corrected chi connectivity index (χ0v) is 28.9. The number of rotatable bonds is 12. The average molecular weight is 675 g/mol. The first kappa shape index (κ1) is 32.9. The van der Waals surface area contributed by atoms with Gasteiger partial charge in [-0.15, -0.1) is 0 Å². The van der Waals surface area contributed by atoms with Crippen LogP contribution >= 0.6 is 11.6 Å². The fourth-order valence-electron chi connectivity index (χ4n) is 7.68. The Labute approximate surface area is 287 Å². The monoisotopic (exact) mass is 674 g/mol. The summed E-state index contributed by atoms with van der Waals surface area (Å²) in [5.41, 5.74) is 2.33. The van der Waals surface area contributed by atoms with E-state index in [1.807, 2.05) is 50.4 Å². The number of ether oxygens (including phenoxy) is 1. The molecule has 4 amide bonds. The van der Waals surface area contributed by atoms with E-state index in [1.165, 1.54) is 0 Å². The second kappa shape index (κ2) is 13.0. The molecule has 0 radical (unpaired) electrons. The van der Waals surface area contributed by atoms with Crippen molar-refractivity contribution < 1.29 is 19.1 Å². The van der Waals surface area contributed by atoms with Crippen molar-refractivity contribution in [2.75, 3.05) is 26.8 Å². The number of imidazole rings is 1. The predicted octanol–water partition coefficient (Wildman–Crippen LogP) is 5.72. The highest BCUT2D eigenvalue weighted by atomic mass is 35.5. The van der Waals surface area contributed by atoms with E-state index in [0.717, 1.165) is 67.1 Å². The second-order valence-corrected chi connectivity index (χ2v) is 15.1. The lowest BCUT2D eigenvalue weighted by Crippen LogP contribution is -2.57. The Morgan fingerprint density at radius 3 is 2.48 bits per heavy atom. The Balaban J connectivity index is 1.24. The van der Waals surface area contributed by atoms with Gasteiger partial charge in [-0.2, -0.15) is 0 Å². The number of hydrogen-bond acceptors (Lipinski definition) is 5. The van der Waals surface area contributed by atoms with E-state index in [4.69, 9.17) is 21.3 Å². The molecule has 2 aromatic carbocycles. The molecule has 3 aromatic rings. The van der Waals surface area contributed by atoms with Crippen LogP contribution in [0.2, 0.25) is 5.02 Å². The number of halogens is 1. The van der Waals surface area contributed by atoms with Crippen molar-refractivity contribution in [2.24, 2.45) is 11.3 Å². The number of H-pyrrole nitrogens is 1. The first-order chi connectivity index (χ1) is 23.1. The van der Waals surface area contributed by atoms with Crippen molar-refractivity contribution in [3.63, 3.8) is 0 Å². The molecule has 1 aliphatic heterocycles. The molecule has 3 aliphatic carbocycles. The minimum atomic E-state index is -0.934. The molecule has 0 bridgehead atoms. The molecule has 11 heteroatoms. The topological polar surface area (TPSA) is 128 Å². The number of amides is 4. The maximum atomic E-state index is 14.2. The molecule has 1 aromatic heterocycles. The Morgan fingerprint density at radius 1 is 1.08 bits per heavy atom. The quantitative estimate of drug-likeness (QED) is 0.195. The van der Waals surface area contributed by atoms with E-state index in [-0.39, 0.29) is 47.7 Å². The van der Waals surface area contributed by atoms with Crippen molar-refractivity contribution in [1.82, 2.24) is 30.8 Å². The smallest absolute Gasteiger partial charge is 0.317 e. The van der Waals surface area contributed by atoms with E-state index in [2.05, 4.69) is 33.9 Å². The highest BCUT2D eigenvalue weighted by molar-refractivity contribution is 6.31. The van der Waals surface area contributed by atoms with Crippen LogP contribution in [0.3, 0.4) is 0 Å². The summed E-state index contributed by atoms with van der Waals surface area (Å²) in [6, 6.07) is 12.9. The van der Waals surface area contributed by atoms with Gasteiger partial charge in [-0.25, -0.2) is 9.78 Å². The van der Waals surface area contributed by atoms with Crippen molar-refractivity contribution >= 4 is 40.5 Å². The van der Waals surface area contributed by atoms with Crippen LogP contribution in [-0.2, 0) is 19.7 Å². The lowest BCUT2D eigenvalue weighted by molar-refractivity contribution is -0.134. The van der Waals surface area contributed by atoms with Crippen molar-refractivity contribution in [1.29, 1.82) is 0 Å². The normalized spacial score (nSPS) is 23.5. The van der Waals surface area contributed by atoms with Crippen LogP contribution in [0, 0.1) is 11.3 Å². The van der Waals surface area contributed by atoms with Crippen LogP contribution in [0.4, 0.5) is 4.79 Å². The summed E-state index contributed by atoms with van der Waals surface area (Å²) >= 11 is 6.84. The van der Waals surface area contributed by atoms with Crippen LogP contribution in [0.25, 0.3) is 11.0 Å². The molecule has 2 heterocycles. The van der Waals surface area contributed by atoms with E-state index < -0.39 is 17.5 Å². The van der Waals surface area contributed by atoms with Gasteiger partial charge in [0, 0.05) is 37.2 Å². The number of nitrogens with zero attached hydrogens (tertiary/aromatic N) is 2. The van der Waals surface area contributed by atoms with Crippen LogP contribution < -0.4 is 16.0 Å². The number of nitrogens with one attached hydrogen (secondary N) is 4. The number of benzene rings is 2. The summed E-state index contributed by atoms with van der Waals surface area (Å²) in [7, 11) is 1.86. The minimum absolute atomic E-state index is 0.0599. The van der Waals surface area contributed by atoms with Gasteiger partial charge in [-0.1, -0.05) is 49.2 Å². The number of urea groups is 1. The average Bonchev–Trinajstić information content (AvgIpc) is 3.93. The van der Waals surface area contributed by atoms with Gasteiger partial charge in [0.2, 0.25) is 11.8 Å². The summed E-state index contributed by atoms with van der Waals surface area (Å²) in [5.74, 6) is 0.371. The molecule has 4 aliphatic rings. The first-order valence-electron chi connectivity index (χ1n) is 17.6. The summed E-state index contributed by atoms with van der Waals surface area (Å²) in [6.07, 6.45) is 7.50. The van der Waals surface area contributed by atoms with Gasteiger partial charge in [0.05, 0.1) is 29.1 Å². The number of hydrogen-bond donors (Lipinski definition) is 4. The molecule has 4 fully saturated rings. The largest absolute Gasteiger partial charge is 0.380 e. The Morgan fingerprint density at radius 2 is 1.85 bits per heavy atom. The SMILES string of the molecule is CCNC(=O)[C@H](NC(=O)C1(c2ccc3nc([C@@H](NC(=O)N(C)C4CC4)[C@H](c4ccccc4Cl)C4(C)CC4)[nH]c3c2)CCOC1)C1CCC1. The molecule has 48 heavy (non-hydrogen) atoms. The molecule has 7 rings (SSSR count). The number of likely N-dealkylation sites (N-methyl/N-ethyl adjacent to an activating group) is 1. The molecule has 0 spiro atoms. The summed E-state index contributed by atoms with van der Waals surface area (Å²) < 4.78 is 5.86. The number of carbonyl (C=O) groups excluding carboxylic acids is 3. The van der Waals surface area contributed by atoms with Crippen molar-refractivity contribution in [3.05, 3.63) is 64.4 Å². The zero-order valence-electron chi connectivity index (χ0n) is 28.1. The van der Waals surface area contributed by atoms with E-state index in [9.17, 15) is 14.4 Å². The van der Waals surface area contributed by atoms with Gasteiger partial charge in [-0.3, -0.25) is 9.59 Å². The fourth-order valence-corrected chi connectivity index (χ4v) is 7.93. The second-order valence-electron chi connectivity index (χ2n) is 14.7. The fraction of sp³-hybridized carbons (Fsp3) is 0.568. The van der Waals surface area contributed by atoms with E-state index in [1.54, 1.807) is 4.90 Å². The first-order valence-corrected chi connectivity index (χ1v) is 18.0. The van der Waals surface area contributed by atoms with Crippen LogP contribution in [-0.4, -0.2) is 71.6 Å². The molecule has 1 unspecified atom stereocenters. The van der Waals surface area contributed by atoms with Gasteiger partial charge in [-0.05, 0) is 92.5 Å². The van der Waals surface area contributed by atoms with Gasteiger partial charge in [0.15, 0.2) is 0 Å². The van der Waals surface area contributed by atoms with Crippen molar-refractivity contribution in [2.45, 2.75) is 94.7 Å². The lowest BCUT2D eigenvalue weighted by Gasteiger charge is -2.36. The Hall–Kier alpha value is -3.63.